The molecule has 0 aliphatic rings. The van der Waals surface area contributed by atoms with Crippen LogP contribution in [0.25, 0.3) is 0 Å². The first-order chi connectivity index (χ1) is 16.3. The van der Waals surface area contributed by atoms with Crippen molar-refractivity contribution in [1.82, 2.24) is 16.0 Å². The molecule has 0 radical (unpaired) electrons. The number of hydrogen-bond acceptors (Lipinski definition) is 7. The van der Waals surface area contributed by atoms with Crippen LogP contribution in [0.3, 0.4) is 0 Å². The molecule has 0 saturated heterocycles. The lowest BCUT2D eigenvalue weighted by Crippen LogP contribution is -2.58. The van der Waals surface area contributed by atoms with E-state index in [0.29, 0.717) is 12.0 Å². The maximum Gasteiger partial charge on any atom is 0.326 e. The predicted octanol–water partition coefficient (Wildman–Crippen LogP) is 0.823. The van der Waals surface area contributed by atoms with Crippen LogP contribution in [0, 0.1) is 11.8 Å². The van der Waals surface area contributed by atoms with Gasteiger partial charge in [-0.3, -0.25) is 14.4 Å². The number of nitrogens with one attached hydrogen (secondary N) is 3. The molecule has 1 rings (SSSR count). The summed E-state index contributed by atoms with van der Waals surface area (Å²) < 4.78 is 0. The van der Waals surface area contributed by atoms with E-state index in [1.54, 1.807) is 12.1 Å². The number of carbonyl (C=O) groups excluding carboxylic acids is 3. The van der Waals surface area contributed by atoms with Crippen molar-refractivity contribution in [1.29, 1.82) is 0 Å². The summed E-state index contributed by atoms with van der Waals surface area (Å²) in [6, 6.07) is 1.95. The minimum Gasteiger partial charge on any atom is -0.508 e. The van der Waals surface area contributed by atoms with Crippen LogP contribution < -0.4 is 21.7 Å². The molecule has 10 nitrogen and oxygen atoms in total. The van der Waals surface area contributed by atoms with Gasteiger partial charge >= 0.3 is 5.97 Å². The molecule has 0 spiro atoms. The number of amides is 3. The van der Waals surface area contributed by atoms with Crippen LogP contribution in [0.1, 0.15) is 46.1 Å². The standard InChI is InChI=1S/C24H38N4O6S/c1-13(2)9-17(25)21(30)28-20(12-35)23(32)26-18(11-15-5-7-16(29)8-6-15)22(31)27-19(24(33)34)10-14(3)4/h5-8,13-14,17-20,29,35H,9-12,25H2,1-4H3,(H,26,32)(H,27,31)(H,28,30)(H,33,34). The minimum atomic E-state index is -1.18. The Morgan fingerprint density at radius 1 is 0.829 bits per heavy atom. The van der Waals surface area contributed by atoms with Crippen molar-refractivity contribution in [2.24, 2.45) is 17.6 Å². The molecule has 0 aliphatic carbocycles. The molecule has 0 saturated carbocycles. The van der Waals surface area contributed by atoms with Gasteiger partial charge in [-0.25, -0.2) is 4.79 Å². The third kappa shape index (κ3) is 11.0. The molecule has 0 bridgehead atoms. The van der Waals surface area contributed by atoms with Crippen LogP contribution in [0.4, 0.5) is 0 Å². The molecular weight excluding hydrogens is 472 g/mol. The van der Waals surface area contributed by atoms with Crippen molar-refractivity contribution in [3.63, 3.8) is 0 Å². The van der Waals surface area contributed by atoms with Gasteiger partial charge < -0.3 is 31.9 Å². The highest BCUT2D eigenvalue weighted by Gasteiger charge is 2.30. The van der Waals surface area contributed by atoms with Gasteiger partial charge in [0.05, 0.1) is 6.04 Å². The Morgan fingerprint density at radius 3 is 1.80 bits per heavy atom. The molecule has 1 aromatic carbocycles. The zero-order valence-electron chi connectivity index (χ0n) is 20.7. The van der Waals surface area contributed by atoms with E-state index in [0.717, 1.165) is 0 Å². The number of phenolic OH excluding ortho intramolecular Hbond substituents is 1. The number of aliphatic carboxylic acids is 1. The molecule has 7 N–H and O–H groups in total. The zero-order chi connectivity index (χ0) is 26.7. The van der Waals surface area contributed by atoms with Crippen LogP contribution in [0.5, 0.6) is 5.75 Å². The van der Waals surface area contributed by atoms with Crippen LogP contribution in [0.2, 0.25) is 0 Å². The van der Waals surface area contributed by atoms with E-state index in [-0.39, 0.29) is 36.2 Å². The number of rotatable bonds is 14. The van der Waals surface area contributed by atoms with E-state index in [1.807, 2.05) is 27.7 Å². The Labute approximate surface area is 211 Å². The molecule has 11 heteroatoms. The van der Waals surface area contributed by atoms with Gasteiger partial charge in [-0.2, -0.15) is 12.6 Å². The molecule has 0 aliphatic heterocycles. The van der Waals surface area contributed by atoms with Gasteiger partial charge in [-0.05, 0) is 42.4 Å². The quantitative estimate of drug-likeness (QED) is 0.182. The Hall–Kier alpha value is -2.79. The maximum absolute atomic E-state index is 13.0. The fourth-order valence-corrected chi connectivity index (χ4v) is 3.66. The number of aromatic hydroxyl groups is 1. The first-order valence-corrected chi connectivity index (χ1v) is 12.3. The van der Waals surface area contributed by atoms with Gasteiger partial charge in [-0.1, -0.05) is 39.8 Å². The second kappa shape index (κ2) is 14.6. The second-order valence-corrected chi connectivity index (χ2v) is 9.81. The number of carboxylic acids is 1. The van der Waals surface area contributed by atoms with Crippen molar-refractivity contribution in [3.05, 3.63) is 29.8 Å². The Morgan fingerprint density at radius 2 is 1.31 bits per heavy atom. The number of nitrogens with two attached hydrogens (primary N) is 1. The molecule has 4 atom stereocenters. The van der Waals surface area contributed by atoms with Crippen LogP contribution in [-0.4, -0.2) is 63.8 Å². The monoisotopic (exact) mass is 510 g/mol. The summed E-state index contributed by atoms with van der Waals surface area (Å²) in [7, 11) is 0. The second-order valence-electron chi connectivity index (χ2n) is 9.44. The maximum atomic E-state index is 13.0. The lowest BCUT2D eigenvalue weighted by Gasteiger charge is -2.25. The zero-order valence-corrected chi connectivity index (χ0v) is 21.5. The van der Waals surface area contributed by atoms with E-state index in [1.165, 1.54) is 12.1 Å². The van der Waals surface area contributed by atoms with Gasteiger partial charge in [0.1, 0.15) is 23.9 Å². The fourth-order valence-electron chi connectivity index (χ4n) is 3.40. The molecule has 4 unspecified atom stereocenters. The van der Waals surface area contributed by atoms with Crippen molar-refractivity contribution < 1.29 is 29.4 Å². The number of benzene rings is 1. The number of carbonyl (C=O) groups is 4. The lowest BCUT2D eigenvalue weighted by atomic mass is 10.0. The Bertz CT molecular complexity index is 862. The molecule has 0 aromatic heterocycles. The van der Waals surface area contributed by atoms with E-state index in [2.05, 4.69) is 28.6 Å². The molecule has 0 heterocycles. The third-order valence-electron chi connectivity index (χ3n) is 5.21. The Balaban J connectivity index is 3.05. The van der Waals surface area contributed by atoms with Gasteiger partial charge in [-0.15, -0.1) is 0 Å². The van der Waals surface area contributed by atoms with Crippen LogP contribution in [-0.2, 0) is 25.6 Å². The lowest BCUT2D eigenvalue weighted by molar-refractivity contribution is -0.142. The van der Waals surface area contributed by atoms with Crippen molar-refractivity contribution in [2.45, 2.75) is 71.1 Å². The highest BCUT2D eigenvalue weighted by atomic mass is 32.1. The molecular formula is C24H38N4O6S. The number of hydrogen-bond donors (Lipinski definition) is 7. The summed E-state index contributed by atoms with van der Waals surface area (Å²) in [6.07, 6.45) is 0.682. The number of thiol groups is 1. The Kier molecular flexibility index (Phi) is 12.6. The van der Waals surface area contributed by atoms with Gasteiger partial charge in [0.15, 0.2) is 0 Å². The van der Waals surface area contributed by atoms with Gasteiger partial charge in [0.25, 0.3) is 0 Å². The predicted molar refractivity (Wildman–Crippen MR) is 136 cm³/mol. The van der Waals surface area contributed by atoms with Crippen molar-refractivity contribution in [2.75, 3.05) is 5.75 Å². The van der Waals surface area contributed by atoms with E-state index in [4.69, 9.17) is 5.73 Å². The largest absolute Gasteiger partial charge is 0.508 e. The summed E-state index contributed by atoms with van der Waals surface area (Å²) >= 11 is 4.15. The van der Waals surface area contributed by atoms with Gasteiger partial charge in [0, 0.05) is 12.2 Å². The van der Waals surface area contributed by atoms with E-state index < -0.39 is 47.9 Å². The van der Waals surface area contributed by atoms with E-state index in [9.17, 15) is 29.4 Å². The molecule has 196 valence electrons. The minimum absolute atomic E-state index is 0.0142. The fraction of sp³-hybridized carbons (Fsp3) is 0.583. The normalized spacial score (nSPS) is 14.6. The molecule has 3 amide bonds. The van der Waals surface area contributed by atoms with Gasteiger partial charge in [0.2, 0.25) is 17.7 Å². The topological polar surface area (TPSA) is 171 Å². The highest BCUT2D eigenvalue weighted by molar-refractivity contribution is 7.80. The molecule has 35 heavy (non-hydrogen) atoms. The summed E-state index contributed by atoms with van der Waals surface area (Å²) in [6.45, 7) is 7.52. The van der Waals surface area contributed by atoms with Crippen molar-refractivity contribution >= 4 is 36.3 Å². The van der Waals surface area contributed by atoms with Crippen LogP contribution in [0.15, 0.2) is 24.3 Å². The van der Waals surface area contributed by atoms with Crippen molar-refractivity contribution in [3.8, 4) is 5.75 Å². The average Bonchev–Trinajstić information content (AvgIpc) is 2.76. The summed E-state index contributed by atoms with van der Waals surface area (Å²) in [5, 5.41) is 26.7. The summed E-state index contributed by atoms with van der Waals surface area (Å²) in [4.78, 5) is 50.0. The SMILES string of the molecule is CC(C)CC(N)C(=O)NC(CS)C(=O)NC(Cc1ccc(O)cc1)C(=O)NC(CC(C)C)C(=O)O. The number of carboxylic acid groups (broad SMARTS) is 1. The number of phenols is 1. The molecule has 1 aromatic rings. The molecule has 0 fully saturated rings. The third-order valence-corrected chi connectivity index (χ3v) is 5.57. The van der Waals surface area contributed by atoms with E-state index >= 15 is 0 Å². The smallest absolute Gasteiger partial charge is 0.326 e. The highest BCUT2D eigenvalue weighted by Crippen LogP contribution is 2.13. The first-order valence-electron chi connectivity index (χ1n) is 11.6. The summed E-state index contributed by atoms with van der Waals surface area (Å²) in [5.74, 6) is -2.82. The summed E-state index contributed by atoms with van der Waals surface area (Å²) in [5.41, 5.74) is 6.53. The first kappa shape index (κ1) is 30.2. The van der Waals surface area contributed by atoms with Crippen LogP contribution >= 0.6 is 12.6 Å². The average molecular weight is 511 g/mol.